The van der Waals surface area contributed by atoms with E-state index < -0.39 is 5.97 Å². The summed E-state index contributed by atoms with van der Waals surface area (Å²) in [7, 11) is 0. The minimum Gasteiger partial charge on any atom is -0.402 e. The Morgan fingerprint density at radius 1 is 1.00 bits per heavy atom. The van der Waals surface area contributed by atoms with E-state index >= 15 is 0 Å². The third kappa shape index (κ3) is 3.39. The topological polar surface area (TPSA) is 38.7 Å². The zero-order chi connectivity index (χ0) is 17.4. The van der Waals surface area contributed by atoms with Gasteiger partial charge < -0.3 is 4.74 Å². The number of ether oxygens (including phenoxy) is 1. The summed E-state index contributed by atoms with van der Waals surface area (Å²) in [5, 5.41) is 2.28. The summed E-state index contributed by atoms with van der Waals surface area (Å²) in [6.07, 6.45) is 1.75. The van der Waals surface area contributed by atoms with Gasteiger partial charge >= 0.3 is 5.97 Å². The molecule has 0 aliphatic carbocycles. The second-order valence-corrected chi connectivity index (χ2v) is 7.59. The lowest BCUT2D eigenvalue weighted by molar-refractivity contribution is -0.129. The van der Waals surface area contributed by atoms with Gasteiger partial charge in [0.2, 0.25) is 5.90 Å². The number of nitrogens with zero attached hydrogens (tertiary/aromatic N) is 1. The van der Waals surface area contributed by atoms with Crippen molar-refractivity contribution in [2.24, 2.45) is 4.99 Å². The number of aliphatic imine (C=N–C) groups is 1. The molecule has 0 spiro atoms. The van der Waals surface area contributed by atoms with E-state index in [0.29, 0.717) is 11.6 Å². The predicted molar refractivity (Wildman–Crippen MR) is 111 cm³/mol. The Labute approximate surface area is 166 Å². The van der Waals surface area contributed by atoms with Crippen LogP contribution in [0.1, 0.15) is 11.1 Å². The van der Waals surface area contributed by atoms with E-state index in [0.717, 1.165) is 29.9 Å². The van der Waals surface area contributed by atoms with Crippen LogP contribution in [0.25, 0.3) is 16.8 Å². The molecule has 5 heteroatoms. The van der Waals surface area contributed by atoms with E-state index in [4.69, 9.17) is 4.74 Å². The highest BCUT2D eigenvalue weighted by Gasteiger charge is 2.24. The van der Waals surface area contributed by atoms with Crippen molar-refractivity contribution in [3.63, 3.8) is 0 Å². The van der Waals surface area contributed by atoms with E-state index in [1.165, 1.54) is 0 Å². The summed E-state index contributed by atoms with van der Waals surface area (Å²) in [4.78, 5) is 16.5. The second-order valence-electron chi connectivity index (χ2n) is 5.57. The Bertz CT molecular complexity index is 1070. The van der Waals surface area contributed by atoms with Crippen LogP contribution in [0.15, 0.2) is 75.8 Å². The van der Waals surface area contributed by atoms with Gasteiger partial charge in [-0.15, -0.1) is 0 Å². The van der Waals surface area contributed by atoms with Crippen molar-refractivity contribution in [2.45, 2.75) is 0 Å². The molecule has 0 aromatic heterocycles. The Hall–Kier alpha value is -1.99. The third-order valence-corrected chi connectivity index (χ3v) is 6.20. The Morgan fingerprint density at radius 3 is 2.60 bits per heavy atom. The molecule has 0 bridgehead atoms. The fraction of sp³-hybridized carbons (Fsp3) is 0. The molecule has 1 aliphatic rings. The molecule has 4 rings (SSSR count). The average Bonchev–Trinajstić information content (AvgIpc) is 2.98. The number of cyclic esters (lactones) is 1. The molecule has 0 amide bonds. The van der Waals surface area contributed by atoms with E-state index in [1.807, 2.05) is 54.6 Å². The normalized spacial score (nSPS) is 15.5. The molecular weight excluding hydrogens is 493 g/mol. The van der Waals surface area contributed by atoms with Crippen LogP contribution in [-0.4, -0.2) is 11.9 Å². The van der Waals surface area contributed by atoms with Crippen LogP contribution < -0.4 is 0 Å². The van der Waals surface area contributed by atoms with Gasteiger partial charge in [0.05, 0.1) is 0 Å². The Morgan fingerprint density at radius 2 is 1.80 bits per heavy atom. The van der Waals surface area contributed by atoms with Crippen LogP contribution in [0.5, 0.6) is 0 Å². The van der Waals surface area contributed by atoms with Crippen molar-refractivity contribution in [2.75, 3.05) is 0 Å². The minimum absolute atomic E-state index is 0.306. The molecule has 0 radical (unpaired) electrons. The van der Waals surface area contributed by atoms with Crippen LogP contribution in [0.4, 0.5) is 0 Å². The molecule has 0 saturated carbocycles. The van der Waals surface area contributed by atoms with Crippen LogP contribution in [0.3, 0.4) is 0 Å². The molecule has 0 unspecified atom stereocenters. The monoisotopic (exact) mass is 503 g/mol. The van der Waals surface area contributed by atoms with Crippen LogP contribution >= 0.6 is 38.5 Å². The summed E-state index contributed by atoms with van der Waals surface area (Å²) in [6.45, 7) is 0. The number of hydrogen-bond donors (Lipinski definition) is 0. The fourth-order valence-corrected chi connectivity index (χ4v) is 3.33. The third-order valence-electron chi connectivity index (χ3n) is 3.86. The predicted octanol–water partition coefficient (Wildman–Crippen LogP) is 5.55. The zero-order valence-corrected chi connectivity index (χ0v) is 16.6. The largest absolute Gasteiger partial charge is 0.402 e. The molecule has 3 nitrogen and oxygen atoms in total. The molecule has 0 N–H and O–H groups in total. The lowest BCUT2D eigenvalue weighted by atomic mass is 10.1. The van der Waals surface area contributed by atoms with Gasteiger partial charge in [0.1, 0.15) is 0 Å². The van der Waals surface area contributed by atoms with Gasteiger partial charge in [-0.1, -0.05) is 36.4 Å². The SMILES string of the molecule is O=C1OC(c2ccc(I)c(Br)c2)=N/C1=C\c1ccc2ccccc2c1. The summed E-state index contributed by atoms with van der Waals surface area (Å²) in [5.41, 5.74) is 1.99. The number of carbonyl (C=O) groups excluding carboxylic acids is 1. The van der Waals surface area contributed by atoms with Crippen LogP contribution in [-0.2, 0) is 9.53 Å². The van der Waals surface area contributed by atoms with Gasteiger partial charge in [-0.3, -0.25) is 0 Å². The van der Waals surface area contributed by atoms with Crippen LogP contribution in [0, 0.1) is 3.57 Å². The maximum Gasteiger partial charge on any atom is 0.363 e. The van der Waals surface area contributed by atoms with Crippen molar-refractivity contribution in [1.82, 2.24) is 0 Å². The first-order chi connectivity index (χ1) is 12.1. The molecule has 0 saturated heterocycles. The molecule has 25 heavy (non-hydrogen) atoms. The highest BCUT2D eigenvalue weighted by Crippen LogP contribution is 2.25. The standard InChI is InChI=1S/C20H11BrINO2/c21-16-11-15(7-8-17(16)22)19-23-18(20(24)25-19)10-12-5-6-13-3-1-2-4-14(13)9-12/h1-11H/b18-10-. The van der Waals surface area contributed by atoms with E-state index in [-0.39, 0.29) is 0 Å². The van der Waals surface area contributed by atoms with Gasteiger partial charge in [-0.05, 0) is 85.2 Å². The Kier molecular flexibility index (Phi) is 4.43. The summed E-state index contributed by atoms with van der Waals surface area (Å²) >= 11 is 5.71. The molecule has 1 heterocycles. The zero-order valence-electron chi connectivity index (χ0n) is 12.9. The lowest BCUT2D eigenvalue weighted by Crippen LogP contribution is -2.05. The number of carbonyl (C=O) groups is 1. The lowest BCUT2D eigenvalue weighted by Gasteiger charge is -2.01. The molecule has 0 atom stereocenters. The van der Waals surface area contributed by atoms with Crippen molar-refractivity contribution >= 4 is 67.2 Å². The van der Waals surface area contributed by atoms with Gasteiger partial charge in [0, 0.05) is 13.6 Å². The summed E-state index contributed by atoms with van der Waals surface area (Å²) in [6, 6.07) is 19.9. The molecular formula is C20H11BrINO2. The quantitative estimate of drug-likeness (QED) is 0.261. The highest BCUT2D eigenvalue weighted by atomic mass is 127. The maximum atomic E-state index is 12.2. The van der Waals surface area contributed by atoms with E-state index in [1.54, 1.807) is 6.08 Å². The number of halogens is 2. The average molecular weight is 504 g/mol. The van der Waals surface area contributed by atoms with Crippen molar-refractivity contribution < 1.29 is 9.53 Å². The molecule has 1 aliphatic heterocycles. The second kappa shape index (κ2) is 6.72. The van der Waals surface area contributed by atoms with Gasteiger partial charge in [0.25, 0.3) is 0 Å². The van der Waals surface area contributed by atoms with Gasteiger partial charge in [0.15, 0.2) is 5.70 Å². The van der Waals surface area contributed by atoms with Gasteiger partial charge in [-0.2, -0.15) is 0 Å². The number of fused-ring (bicyclic) bond motifs is 1. The first-order valence-electron chi connectivity index (χ1n) is 7.57. The molecule has 0 fully saturated rings. The maximum absolute atomic E-state index is 12.2. The smallest absolute Gasteiger partial charge is 0.363 e. The number of benzene rings is 3. The summed E-state index contributed by atoms with van der Waals surface area (Å²) in [5.74, 6) is -0.105. The van der Waals surface area contributed by atoms with E-state index in [2.05, 4.69) is 49.6 Å². The molecule has 3 aromatic rings. The molecule has 122 valence electrons. The number of rotatable bonds is 2. The fourth-order valence-electron chi connectivity index (χ4n) is 2.62. The first-order valence-corrected chi connectivity index (χ1v) is 9.44. The Balaban J connectivity index is 1.71. The number of hydrogen-bond acceptors (Lipinski definition) is 3. The number of esters is 1. The molecule has 3 aromatic carbocycles. The highest BCUT2D eigenvalue weighted by molar-refractivity contribution is 14.1. The van der Waals surface area contributed by atoms with Crippen molar-refractivity contribution in [1.29, 1.82) is 0 Å². The summed E-state index contributed by atoms with van der Waals surface area (Å²) < 4.78 is 7.36. The van der Waals surface area contributed by atoms with Gasteiger partial charge in [-0.25, -0.2) is 9.79 Å². The van der Waals surface area contributed by atoms with Crippen LogP contribution in [0.2, 0.25) is 0 Å². The van der Waals surface area contributed by atoms with E-state index in [9.17, 15) is 4.79 Å². The minimum atomic E-state index is -0.433. The van der Waals surface area contributed by atoms with Crippen molar-refractivity contribution in [3.05, 3.63) is 85.5 Å². The van der Waals surface area contributed by atoms with Crippen molar-refractivity contribution in [3.8, 4) is 0 Å². The first kappa shape index (κ1) is 16.5.